The summed E-state index contributed by atoms with van der Waals surface area (Å²) in [6.07, 6.45) is 8.86. The molecule has 0 aliphatic carbocycles. The van der Waals surface area contributed by atoms with Gasteiger partial charge in [0, 0.05) is 24.4 Å². The van der Waals surface area contributed by atoms with Gasteiger partial charge in [0.25, 0.3) is 0 Å². The summed E-state index contributed by atoms with van der Waals surface area (Å²) < 4.78 is 6.03. The Morgan fingerprint density at radius 2 is 2.05 bits per heavy atom. The molecule has 0 amide bonds. The molecule has 5 nitrogen and oxygen atoms in total. The Bertz CT molecular complexity index is 704. The molecule has 2 aromatic rings. The first-order valence-corrected chi connectivity index (χ1v) is 7.27. The van der Waals surface area contributed by atoms with E-state index in [1.807, 2.05) is 13.8 Å². The van der Waals surface area contributed by atoms with Crippen molar-refractivity contribution in [1.82, 2.24) is 15.0 Å². The molecular formula is C17H20N4O. The van der Waals surface area contributed by atoms with Crippen LogP contribution in [0, 0.1) is 19.3 Å². The summed E-state index contributed by atoms with van der Waals surface area (Å²) in [7, 11) is 0. The fraction of sp³-hybridized carbons (Fsp3) is 0.353. The number of pyridine rings is 1. The summed E-state index contributed by atoms with van der Waals surface area (Å²) in [6.45, 7) is 8.75. The van der Waals surface area contributed by atoms with E-state index in [9.17, 15) is 0 Å². The Morgan fingerprint density at radius 1 is 1.27 bits per heavy atom. The summed E-state index contributed by atoms with van der Waals surface area (Å²) in [5.41, 5.74) is 1.53. The highest BCUT2D eigenvalue weighted by atomic mass is 16.5. The standard InChI is InChI=1S/C17H20N4O/c1-6-13-8-15(14(9-20-13)11(3)4)22-16-10-19-12(5)21-17(16)18-7-2/h1,8-11H,7H2,2-5H3,(H,18,19,21). The highest BCUT2D eigenvalue weighted by molar-refractivity contribution is 5.52. The van der Waals surface area contributed by atoms with Crippen LogP contribution >= 0.6 is 0 Å². The van der Waals surface area contributed by atoms with Gasteiger partial charge in [-0.2, -0.15) is 0 Å². The molecule has 0 saturated heterocycles. The van der Waals surface area contributed by atoms with E-state index in [0.29, 0.717) is 28.8 Å². The molecule has 2 aromatic heterocycles. The lowest BCUT2D eigenvalue weighted by molar-refractivity contribution is 0.468. The van der Waals surface area contributed by atoms with Gasteiger partial charge in [-0.05, 0) is 19.8 Å². The molecule has 5 heteroatoms. The van der Waals surface area contributed by atoms with Crippen LogP contribution in [0.15, 0.2) is 18.5 Å². The number of aryl methyl sites for hydroxylation is 1. The molecule has 0 fully saturated rings. The van der Waals surface area contributed by atoms with Gasteiger partial charge in [-0.3, -0.25) is 0 Å². The first-order chi connectivity index (χ1) is 10.5. The first-order valence-electron chi connectivity index (χ1n) is 7.27. The maximum absolute atomic E-state index is 6.03. The Labute approximate surface area is 131 Å². The molecule has 0 bridgehead atoms. The maximum Gasteiger partial charge on any atom is 0.187 e. The molecule has 2 heterocycles. The first kappa shape index (κ1) is 15.8. The van der Waals surface area contributed by atoms with Gasteiger partial charge < -0.3 is 10.1 Å². The fourth-order valence-electron chi connectivity index (χ4n) is 1.99. The monoisotopic (exact) mass is 296 g/mol. The molecule has 1 N–H and O–H groups in total. The SMILES string of the molecule is C#Cc1cc(Oc2cnc(C)nc2NCC)c(C(C)C)cn1. The minimum absolute atomic E-state index is 0.267. The number of aromatic nitrogens is 3. The largest absolute Gasteiger partial charge is 0.451 e. The number of ether oxygens (including phenoxy) is 1. The van der Waals surface area contributed by atoms with Crippen LogP contribution in [0.25, 0.3) is 0 Å². The Kier molecular flexibility index (Phi) is 4.95. The third kappa shape index (κ3) is 3.53. The van der Waals surface area contributed by atoms with Crippen molar-refractivity contribution in [2.45, 2.75) is 33.6 Å². The van der Waals surface area contributed by atoms with Crippen molar-refractivity contribution in [2.75, 3.05) is 11.9 Å². The lowest BCUT2D eigenvalue weighted by Gasteiger charge is -2.15. The minimum atomic E-state index is 0.267. The van der Waals surface area contributed by atoms with E-state index in [-0.39, 0.29) is 5.92 Å². The predicted octanol–water partition coefficient (Wildman–Crippen LogP) is 3.51. The van der Waals surface area contributed by atoms with Crippen LogP contribution in [0.4, 0.5) is 5.82 Å². The van der Waals surface area contributed by atoms with Crippen LogP contribution in [-0.2, 0) is 0 Å². The van der Waals surface area contributed by atoms with Crippen LogP contribution < -0.4 is 10.1 Å². The molecule has 0 spiro atoms. The van der Waals surface area contributed by atoms with Crippen molar-refractivity contribution in [3.63, 3.8) is 0 Å². The average Bonchev–Trinajstić information content (AvgIpc) is 2.50. The maximum atomic E-state index is 6.03. The van der Waals surface area contributed by atoms with E-state index in [1.54, 1.807) is 18.5 Å². The van der Waals surface area contributed by atoms with Gasteiger partial charge in [0.2, 0.25) is 0 Å². The number of hydrogen-bond acceptors (Lipinski definition) is 5. The molecule has 0 aliphatic rings. The third-order valence-corrected chi connectivity index (χ3v) is 3.10. The van der Waals surface area contributed by atoms with Crippen LogP contribution in [0.2, 0.25) is 0 Å². The molecule has 0 unspecified atom stereocenters. The van der Waals surface area contributed by atoms with E-state index in [4.69, 9.17) is 11.2 Å². The van der Waals surface area contributed by atoms with Crippen LogP contribution in [0.5, 0.6) is 11.5 Å². The van der Waals surface area contributed by atoms with Crippen molar-refractivity contribution in [2.24, 2.45) is 0 Å². The molecular weight excluding hydrogens is 276 g/mol. The van der Waals surface area contributed by atoms with Crippen molar-refractivity contribution in [3.8, 4) is 23.8 Å². The lowest BCUT2D eigenvalue weighted by atomic mass is 10.0. The highest BCUT2D eigenvalue weighted by Crippen LogP contribution is 2.33. The molecule has 0 aliphatic heterocycles. The summed E-state index contributed by atoms with van der Waals surface area (Å²) >= 11 is 0. The van der Waals surface area contributed by atoms with Crippen LogP contribution in [0.3, 0.4) is 0 Å². The number of anilines is 1. The van der Waals surface area contributed by atoms with Gasteiger partial charge in [-0.1, -0.05) is 19.8 Å². The summed E-state index contributed by atoms with van der Waals surface area (Å²) in [5.74, 6) is 5.41. The predicted molar refractivity (Wildman–Crippen MR) is 87.3 cm³/mol. The zero-order valence-electron chi connectivity index (χ0n) is 13.3. The van der Waals surface area contributed by atoms with E-state index >= 15 is 0 Å². The molecule has 114 valence electrons. The quantitative estimate of drug-likeness (QED) is 0.856. The topological polar surface area (TPSA) is 59.9 Å². The second-order valence-corrected chi connectivity index (χ2v) is 5.17. The number of hydrogen-bond donors (Lipinski definition) is 1. The van der Waals surface area contributed by atoms with Crippen LogP contribution in [0.1, 0.15) is 43.8 Å². The van der Waals surface area contributed by atoms with Crippen molar-refractivity contribution in [1.29, 1.82) is 0 Å². The lowest BCUT2D eigenvalue weighted by Crippen LogP contribution is -2.05. The average molecular weight is 296 g/mol. The number of nitrogens with zero attached hydrogens (tertiary/aromatic N) is 3. The fourth-order valence-corrected chi connectivity index (χ4v) is 1.99. The van der Waals surface area contributed by atoms with Gasteiger partial charge in [0.15, 0.2) is 11.6 Å². The van der Waals surface area contributed by atoms with Crippen molar-refractivity contribution in [3.05, 3.63) is 35.5 Å². The zero-order chi connectivity index (χ0) is 16.1. The van der Waals surface area contributed by atoms with Gasteiger partial charge in [0.05, 0.1) is 6.20 Å². The Hall–Kier alpha value is -2.61. The molecule has 22 heavy (non-hydrogen) atoms. The van der Waals surface area contributed by atoms with Gasteiger partial charge in [0.1, 0.15) is 17.3 Å². The number of rotatable bonds is 5. The molecule has 0 radical (unpaired) electrons. The van der Waals surface area contributed by atoms with Gasteiger partial charge in [-0.25, -0.2) is 15.0 Å². The van der Waals surface area contributed by atoms with Gasteiger partial charge in [-0.15, -0.1) is 6.42 Å². The Balaban J connectivity index is 2.44. The normalized spacial score (nSPS) is 10.4. The molecule has 2 rings (SSSR count). The summed E-state index contributed by atoms with van der Waals surface area (Å²) in [6, 6.07) is 1.77. The van der Waals surface area contributed by atoms with E-state index < -0.39 is 0 Å². The summed E-state index contributed by atoms with van der Waals surface area (Å²) in [4.78, 5) is 12.8. The number of nitrogens with one attached hydrogen (secondary N) is 1. The number of terminal acetylenes is 1. The van der Waals surface area contributed by atoms with Crippen LogP contribution in [-0.4, -0.2) is 21.5 Å². The van der Waals surface area contributed by atoms with E-state index in [1.165, 1.54) is 0 Å². The van der Waals surface area contributed by atoms with E-state index in [2.05, 4.69) is 40.0 Å². The van der Waals surface area contributed by atoms with Crippen molar-refractivity contribution < 1.29 is 4.74 Å². The second-order valence-electron chi connectivity index (χ2n) is 5.17. The zero-order valence-corrected chi connectivity index (χ0v) is 13.3. The van der Waals surface area contributed by atoms with Crippen molar-refractivity contribution >= 4 is 5.82 Å². The minimum Gasteiger partial charge on any atom is -0.451 e. The molecule has 0 atom stereocenters. The molecule has 0 saturated carbocycles. The highest BCUT2D eigenvalue weighted by Gasteiger charge is 2.14. The van der Waals surface area contributed by atoms with E-state index in [0.717, 1.165) is 12.1 Å². The Morgan fingerprint density at radius 3 is 2.68 bits per heavy atom. The smallest absolute Gasteiger partial charge is 0.187 e. The summed E-state index contributed by atoms with van der Waals surface area (Å²) in [5, 5.41) is 3.18. The second kappa shape index (κ2) is 6.90. The van der Waals surface area contributed by atoms with Gasteiger partial charge >= 0.3 is 0 Å². The molecule has 0 aromatic carbocycles. The third-order valence-electron chi connectivity index (χ3n) is 3.10.